The van der Waals surface area contributed by atoms with E-state index in [0.717, 1.165) is 17.2 Å². The van der Waals surface area contributed by atoms with Gasteiger partial charge in [-0.2, -0.15) is 13.2 Å². The number of aromatic nitrogens is 1. The number of hydrogen-bond acceptors (Lipinski definition) is 3. The Bertz CT molecular complexity index is 1460. The Kier molecular flexibility index (Phi) is 6.68. The number of para-hydroxylation sites is 1. The molecular formula is C29H30F3N3O4. The first-order valence-corrected chi connectivity index (χ1v) is 13.1. The van der Waals surface area contributed by atoms with Crippen LogP contribution in [0.1, 0.15) is 60.6 Å². The van der Waals surface area contributed by atoms with Crippen LogP contribution in [-0.2, 0) is 39.8 Å². The van der Waals surface area contributed by atoms with Crippen molar-refractivity contribution >= 4 is 28.7 Å². The monoisotopic (exact) mass is 541 g/mol. The number of rotatable bonds is 7. The number of hydrogen-bond donors (Lipinski definition) is 4. The molecule has 2 aromatic carbocycles. The molecule has 3 aromatic rings. The first-order chi connectivity index (χ1) is 18.4. The summed E-state index contributed by atoms with van der Waals surface area (Å²) < 4.78 is 40.8. The molecule has 5 rings (SSSR count). The van der Waals surface area contributed by atoms with E-state index in [1.54, 1.807) is 0 Å². The van der Waals surface area contributed by atoms with Crippen molar-refractivity contribution < 1.29 is 32.7 Å². The maximum atomic E-state index is 13.6. The highest BCUT2D eigenvalue weighted by Gasteiger charge is 2.46. The number of aryl methyl sites for hydroxylation is 1. The minimum Gasteiger partial charge on any atom is -0.479 e. The fourth-order valence-corrected chi connectivity index (χ4v) is 5.81. The lowest BCUT2D eigenvalue weighted by atomic mass is 9.76. The first kappa shape index (κ1) is 26.8. The number of carbonyl (C=O) groups is 3. The van der Waals surface area contributed by atoms with Crippen molar-refractivity contribution in [2.75, 3.05) is 0 Å². The topological polar surface area (TPSA) is 111 Å². The van der Waals surface area contributed by atoms with Crippen LogP contribution in [0.15, 0.2) is 42.5 Å². The SMILES string of the molecule is CCC(C)C(NC(=O)C1Cc2ccccc21)C(=O)N[C@]1(C(=O)O)CCc2[nH]c3c(C(F)(F)F)cccc3c2C1. The standard InChI is InChI=1S/C29H30F3N3O4/c1-3-15(2)23(34-25(36)19-13-16-7-4-5-8-17(16)19)26(37)35-28(27(38)39)12-11-22-20(14-28)18-9-6-10-21(24(18)33-22)29(30,31)32/h4-10,15,19,23,33H,3,11-14H2,1-2H3,(H,34,36)(H,35,37)(H,38,39)/t15?,19?,23?,28-/m1/s1. The van der Waals surface area contributed by atoms with Gasteiger partial charge in [-0.1, -0.05) is 56.7 Å². The number of alkyl halides is 3. The maximum absolute atomic E-state index is 13.6. The highest BCUT2D eigenvalue weighted by molar-refractivity contribution is 5.96. The van der Waals surface area contributed by atoms with E-state index in [-0.39, 0.29) is 47.9 Å². The van der Waals surface area contributed by atoms with Crippen molar-refractivity contribution in [2.45, 2.75) is 69.6 Å². The smallest absolute Gasteiger partial charge is 0.418 e. The maximum Gasteiger partial charge on any atom is 0.418 e. The van der Waals surface area contributed by atoms with Gasteiger partial charge in [0.1, 0.15) is 11.6 Å². The van der Waals surface area contributed by atoms with Crippen molar-refractivity contribution in [3.63, 3.8) is 0 Å². The van der Waals surface area contributed by atoms with Crippen LogP contribution in [0.4, 0.5) is 13.2 Å². The van der Waals surface area contributed by atoms with E-state index in [2.05, 4.69) is 15.6 Å². The molecule has 1 heterocycles. The molecule has 0 saturated heterocycles. The number of carbonyl (C=O) groups excluding carboxylic acids is 2. The lowest BCUT2D eigenvalue weighted by Crippen LogP contribution is -2.63. The normalized spacial score (nSPS) is 21.7. The average molecular weight is 542 g/mol. The number of nitrogens with one attached hydrogen (secondary N) is 3. The third-order valence-corrected chi connectivity index (χ3v) is 8.35. The molecule has 0 spiro atoms. The quantitative estimate of drug-likeness (QED) is 0.353. The van der Waals surface area contributed by atoms with Crippen molar-refractivity contribution in [3.05, 3.63) is 70.4 Å². The zero-order valence-corrected chi connectivity index (χ0v) is 21.6. The summed E-state index contributed by atoms with van der Waals surface area (Å²) in [4.78, 5) is 42.1. The molecule has 10 heteroatoms. The van der Waals surface area contributed by atoms with Gasteiger partial charge in [0.25, 0.3) is 0 Å². The van der Waals surface area contributed by atoms with Gasteiger partial charge in [0.05, 0.1) is 17.0 Å². The number of carboxylic acid groups (broad SMARTS) is 1. The molecule has 4 atom stereocenters. The summed E-state index contributed by atoms with van der Waals surface area (Å²) in [5.74, 6) is -2.84. The number of aromatic amines is 1. The van der Waals surface area contributed by atoms with Crippen molar-refractivity contribution in [3.8, 4) is 0 Å². The van der Waals surface area contributed by atoms with E-state index in [4.69, 9.17) is 0 Å². The number of carboxylic acids is 1. The molecule has 2 aliphatic carbocycles. The lowest BCUT2D eigenvalue weighted by Gasteiger charge is -2.37. The first-order valence-electron chi connectivity index (χ1n) is 13.1. The molecule has 206 valence electrons. The van der Waals surface area contributed by atoms with Crippen LogP contribution in [0.3, 0.4) is 0 Å². The van der Waals surface area contributed by atoms with Crippen LogP contribution in [-0.4, -0.2) is 39.5 Å². The van der Waals surface area contributed by atoms with Gasteiger partial charge in [0.15, 0.2) is 0 Å². The summed E-state index contributed by atoms with van der Waals surface area (Å²) >= 11 is 0. The van der Waals surface area contributed by atoms with Crippen LogP contribution in [0.2, 0.25) is 0 Å². The zero-order valence-electron chi connectivity index (χ0n) is 21.6. The Morgan fingerprint density at radius 1 is 1.15 bits per heavy atom. The average Bonchev–Trinajstić information content (AvgIpc) is 3.24. The Hall–Kier alpha value is -3.82. The number of benzene rings is 2. The van der Waals surface area contributed by atoms with Gasteiger partial charge in [-0.3, -0.25) is 9.59 Å². The van der Waals surface area contributed by atoms with Gasteiger partial charge in [-0.15, -0.1) is 0 Å². The second-order valence-corrected chi connectivity index (χ2v) is 10.7. The van der Waals surface area contributed by atoms with E-state index in [9.17, 15) is 32.7 Å². The van der Waals surface area contributed by atoms with Crippen molar-refractivity contribution in [1.82, 2.24) is 15.6 Å². The second-order valence-electron chi connectivity index (χ2n) is 10.7. The molecule has 3 unspecified atom stereocenters. The number of fused-ring (bicyclic) bond motifs is 4. The number of H-pyrrole nitrogens is 1. The Morgan fingerprint density at radius 2 is 1.90 bits per heavy atom. The second kappa shape index (κ2) is 9.73. The fraction of sp³-hybridized carbons (Fsp3) is 0.414. The van der Waals surface area contributed by atoms with Crippen LogP contribution in [0, 0.1) is 5.92 Å². The highest BCUT2D eigenvalue weighted by Crippen LogP contribution is 2.40. The Labute approximate surface area is 223 Å². The molecule has 7 nitrogen and oxygen atoms in total. The van der Waals surface area contributed by atoms with Gasteiger partial charge in [0.2, 0.25) is 11.8 Å². The summed E-state index contributed by atoms with van der Waals surface area (Å²) in [5.41, 5.74) is 0.329. The van der Waals surface area contributed by atoms with Crippen molar-refractivity contribution in [1.29, 1.82) is 0 Å². The summed E-state index contributed by atoms with van der Waals surface area (Å²) in [7, 11) is 0. The fourth-order valence-electron chi connectivity index (χ4n) is 5.81. The minimum absolute atomic E-state index is 0.00752. The van der Waals surface area contributed by atoms with Crippen LogP contribution in [0.25, 0.3) is 10.9 Å². The third kappa shape index (κ3) is 4.66. The molecule has 1 aromatic heterocycles. The third-order valence-electron chi connectivity index (χ3n) is 8.35. The van der Waals surface area contributed by atoms with Crippen LogP contribution in [0.5, 0.6) is 0 Å². The molecular weight excluding hydrogens is 511 g/mol. The molecule has 2 amide bonds. The van der Waals surface area contributed by atoms with Gasteiger partial charge in [0, 0.05) is 17.5 Å². The summed E-state index contributed by atoms with van der Waals surface area (Å²) in [6.07, 6.45) is -3.49. The summed E-state index contributed by atoms with van der Waals surface area (Å²) in [5, 5.41) is 16.1. The molecule has 4 N–H and O–H groups in total. The molecule has 0 bridgehead atoms. The Morgan fingerprint density at radius 3 is 2.56 bits per heavy atom. The summed E-state index contributed by atoms with van der Waals surface area (Å²) in [6, 6.07) is 10.4. The Balaban J connectivity index is 1.41. The zero-order chi connectivity index (χ0) is 28.1. The predicted molar refractivity (Wildman–Crippen MR) is 138 cm³/mol. The van der Waals surface area contributed by atoms with E-state index < -0.39 is 35.2 Å². The largest absolute Gasteiger partial charge is 0.479 e. The van der Waals surface area contributed by atoms with E-state index in [1.807, 2.05) is 38.1 Å². The minimum atomic E-state index is -4.58. The molecule has 39 heavy (non-hydrogen) atoms. The highest BCUT2D eigenvalue weighted by atomic mass is 19.4. The van der Waals surface area contributed by atoms with E-state index >= 15 is 0 Å². The van der Waals surface area contributed by atoms with Crippen molar-refractivity contribution in [2.24, 2.45) is 5.92 Å². The summed E-state index contributed by atoms with van der Waals surface area (Å²) in [6.45, 7) is 3.68. The molecule has 0 radical (unpaired) electrons. The van der Waals surface area contributed by atoms with E-state index in [0.29, 0.717) is 24.1 Å². The van der Waals surface area contributed by atoms with Crippen LogP contribution < -0.4 is 10.6 Å². The molecule has 0 fully saturated rings. The van der Waals surface area contributed by atoms with E-state index in [1.165, 1.54) is 12.1 Å². The number of aliphatic carboxylic acids is 1. The van der Waals surface area contributed by atoms with Crippen LogP contribution >= 0.6 is 0 Å². The number of amides is 2. The van der Waals surface area contributed by atoms with Gasteiger partial charge >= 0.3 is 12.1 Å². The molecule has 0 aliphatic heterocycles. The molecule has 2 aliphatic rings. The number of halogens is 3. The van der Waals surface area contributed by atoms with Gasteiger partial charge < -0.3 is 20.7 Å². The lowest BCUT2D eigenvalue weighted by molar-refractivity contribution is -0.149. The van der Waals surface area contributed by atoms with Gasteiger partial charge in [-0.25, -0.2) is 4.79 Å². The van der Waals surface area contributed by atoms with Gasteiger partial charge in [-0.05, 0) is 47.9 Å². The molecule has 0 saturated carbocycles. The predicted octanol–water partition coefficient (Wildman–Crippen LogP) is 4.49.